The van der Waals surface area contributed by atoms with E-state index in [1.165, 1.54) is 37.7 Å². The number of hydrogen-bond acceptors (Lipinski definition) is 2. The third kappa shape index (κ3) is 1.17. The summed E-state index contributed by atoms with van der Waals surface area (Å²) in [5, 5.41) is 3.78. The maximum Gasteiger partial charge on any atom is 0.0452 e. The van der Waals surface area contributed by atoms with Crippen molar-refractivity contribution in [2.75, 3.05) is 0 Å². The van der Waals surface area contributed by atoms with Crippen molar-refractivity contribution in [3.05, 3.63) is 30.1 Å². The van der Waals surface area contributed by atoms with Crippen molar-refractivity contribution >= 4 is 0 Å². The van der Waals surface area contributed by atoms with Gasteiger partial charge in [-0.15, -0.1) is 0 Å². The van der Waals surface area contributed by atoms with E-state index in [0.29, 0.717) is 0 Å². The highest BCUT2D eigenvalue weighted by molar-refractivity contribution is 5.24. The van der Waals surface area contributed by atoms with E-state index in [0.717, 1.165) is 6.04 Å². The highest BCUT2D eigenvalue weighted by Crippen LogP contribution is 2.42. The number of hydrogen-bond donors (Lipinski definition) is 1. The Morgan fingerprint density at radius 3 is 3.21 bits per heavy atom. The number of pyridine rings is 1. The van der Waals surface area contributed by atoms with Crippen molar-refractivity contribution < 1.29 is 0 Å². The molecule has 1 aromatic heterocycles. The van der Waals surface area contributed by atoms with Gasteiger partial charge >= 0.3 is 0 Å². The Labute approximate surface area is 84.7 Å². The smallest absolute Gasteiger partial charge is 0.0452 e. The number of nitrogens with zero attached hydrogens (tertiary/aromatic N) is 1. The first-order valence-electron chi connectivity index (χ1n) is 5.57. The molecular formula is C12H16N2. The van der Waals surface area contributed by atoms with E-state index >= 15 is 0 Å². The number of fused-ring (bicyclic) bond motifs is 2. The molecule has 2 bridgehead atoms. The van der Waals surface area contributed by atoms with Crippen LogP contribution in [0.25, 0.3) is 0 Å². The first kappa shape index (κ1) is 8.42. The topological polar surface area (TPSA) is 24.9 Å². The molecule has 0 spiro atoms. The van der Waals surface area contributed by atoms with Crippen molar-refractivity contribution in [2.45, 2.75) is 43.7 Å². The van der Waals surface area contributed by atoms with E-state index in [9.17, 15) is 0 Å². The van der Waals surface area contributed by atoms with Crippen molar-refractivity contribution in [1.82, 2.24) is 10.3 Å². The summed E-state index contributed by atoms with van der Waals surface area (Å²) in [7, 11) is 0. The van der Waals surface area contributed by atoms with Gasteiger partial charge in [0.2, 0.25) is 0 Å². The molecule has 2 unspecified atom stereocenters. The molecule has 2 aliphatic rings. The molecule has 1 aromatic rings. The second-order valence-corrected chi connectivity index (χ2v) is 4.60. The highest BCUT2D eigenvalue weighted by Gasteiger charge is 2.42. The summed E-state index contributed by atoms with van der Waals surface area (Å²) < 4.78 is 0. The fraction of sp³-hybridized carbons (Fsp3) is 0.583. The molecule has 14 heavy (non-hydrogen) atoms. The van der Waals surface area contributed by atoms with Gasteiger partial charge in [-0.2, -0.15) is 0 Å². The van der Waals surface area contributed by atoms with Crippen LogP contribution in [0, 0.1) is 0 Å². The zero-order valence-electron chi connectivity index (χ0n) is 8.37. The molecule has 2 fully saturated rings. The molecule has 0 saturated carbocycles. The summed E-state index contributed by atoms with van der Waals surface area (Å²) in [6, 6.07) is 5.03. The quantitative estimate of drug-likeness (QED) is 0.731. The molecule has 1 N–H and O–H groups in total. The molecule has 74 valence electrons. The van der Waals surface area contributed by atoms with Gasteiger partial charge in [0, 0.05) is 24.0 Å². The predicted molar refractivity (Wildman–Crippen MR) is 55.9 cm³/mol. The van der Waals surface area contributed by atoms with E-state index < -0.39 is 0 Å². The Morgan fingerprint density at radius 2 is 2.36 bits per heavy atom. The zero-order valence-corrected chi connectivity index (χ0v) is 8.37. The largest absolute Gasteiger partial charge is 0.305 e. The van der Waals surface area contributed by atoms with Crippen molar-refractivity contribution in [3.8, 4) is 0 Å². The Morgan fingerprint density at radius 1 is 1.36 bits per heavy atom. The molecule has 3 rings (SSSR count). The number of rotatable bonds is 1. The van der Waals surface area contributed by atoms with E-state index in [4.69, 9.17) is 0 Å². The van der Waals surface area contributed by atoms with Gasteiger partial charge in [-0.3, -0.25) is 4.98 Å². The van der Waals surface area contributed by atoms with Crippen LogP contribution in [0.1, 0.15) is 37.7 Å². The molecular weight excluding hydrogens is 172 g/mol. The van der Waals surface area contributed by atoms with Crippen LogP contribution in [0.2, 0.25) is 0 Å². The lowest BCUT2D eigenvalue weighted by molar-refractivity contribution is 0.280. The number of piperidine rings is 1. The third-order valence-corrected chi connectivity index (χ3v) is 3.77. The molecule has 2 heteroatoms. The predicted octanol–water partition coefficient (Wildman–Crippen LogP) is 2.21. The van der Waals surface area contributed by atoms with E-state index in [-0.39, 0.29) is 5.54 Å². The molecule has 0 radical (unpaired) electrons. The van der Waals surface area contributed by atoms with Gasteiger partial charge in [-0.1, -0.05) is 6.07 Å². The molecule has 2 atom stereocenters. The first-order chi connectivity index (χ1) is 6.89. The van der Waals surface area contributed by atoms with Crippen LogP contribution < -0.4 is 5.32 Å². The molecule has 2 nitrogen and oxygen atoms in total. The van der Waals surface area contributed by atoms with Crippen LogP contribution in [-0.4, -0.2) is 11.0 Å². The van der Waals surface area contributed by atoms with E-state index in [2.05, 4.69) is 16.4 Å². The summed E-state index contributed by atoms with van der Waals surface area (Å²) in [5.74, 6) is 0. The lowest BCUT2D eigenvalue weighted by Gasteiger charge is -2.34. The standard InChI is InChI=1S/C12H16N2/c1-4-11-5-7-12(6-1,14-11)10-3-2-8-13-9-10/h2-3,8-9,11,14H,1,4-7H2. The van der Waals surface area contributed by atoms with Crippen LogP contribution in [0.5, 0.6) is 0 Å². The molecule has 0 aromatic carbocycles. The lowest BCUT2D eigenvalue weighted by Crippen LogP contribution is -2.43. The first-order valence-corrected chi connectivity index (χ1v) is 5.57. The van der Waals surface area contributed by atoms with Crippen molar-refractivity contribution in [2.24, 2.45) is 0 Å². The molecule has 0 amide bonds. The highest BCUT2D eigenvalue weighted by atomic mass is 15.1. The Balaban J connectivity index is 1.97. The van der Waals surface area contributed by atoms with Crippen LogP contribution in [-0.2, 0) is 5.54 Å². The minimum atomic E-state index is 0.275. The average molecular weight is 188 g/mol. The fourth-order valence-electron chi connectivity index (χ4n) is 3.04. The maximum absolute atomic E-state index is 4.23. The van der Waals surface area contributed by atoms with Crippen LogP contribution in [0.4, 0.5) is 0 Å². The van der Waals surface area contributed by atoms with Crippen molar-refractivity contribution in [3.63, 3.8) is 0 Å². The molecule has 2 saturated heterocycles. The number of aromatic nitrogens is 1. The zero-order chi connectivity index (χ0) is 9.43. The Kier molecular flexibility index (Phi) is 1.84. The SMILES string of the molecule is c1cncc(C23CCCC(CC2)N3)c1. The fourth-order valence-corrected chi connectivity index (χ4v) is 3.04. The van der Waals surface area contributed by atoms with E-state index in [1.54, 1.807) is 0 Å². The van der Waals surface area contributed by atoms with Crippen LogP contribution >= 0.6 is 0 Å². The maximum atomic E-state index is 4.23. The van der Waals surface area contributed by atoms with Gasteiger partial charge < -0.3 is 5.32 Å². The minimum absolute atomic E-state index is 0.275. The second-order valence-electron chi connectivity index (χ2n) is 4.60. The summed E-state index contributed by atoms with van der Waals surface area (Å²) in [5.41, 5.74) is 1.67. The summed E-state index contributed by atoms with van der Waals surface area (Å²) in [6.45, 7) is 0. The van der Waals surface area contributed by atoms with Gasteiger partial charge in [0.05, 0.1) is 0 Å². The van der Waals surface area contributed by atoms with Gasteiger partial charge in [0.25, 0.3) is 0 Å². The lowest BCUT2D eigenvalue weighted by atomic mass is 9.84. The second kappa shape index (κ2) is 3.06. The monoisotopic (exact) mass is 188 g/mol. The Hall–Kier alpha value is -0.890. The Bertz CT molecular complexity index is 318. The van der Waals surface area contributed by atoms with Crippen molar-refractivity contribution in [1.29, 1.82) is 0 Å². The molecule has 3 heterocycles. The van der Waals surface area contributed by atoms with Gasteiger partial charge in [-0.05, 0) is 43.7 Å². The molecule has 0 aliphatic carbocycles. The van der Waals surface area contributed by atoms with Gasteiger partial charge in [-0.25, -0.2) is 0 Å². The minimum Gasteiger partial charge on any atom is -0.305 e. The van der Waals surface area contributed by atoms with E-state index in [1.807, 2.05) is 18.5 Å². The summed E-state index contributed by atoms with van der Waals surface area (Å²) in [4.78, 5) is 4.23. The normalized spacial score (nSPS) is 35.9. The summed E-state index contributed by atoms with van der Waals surface area (Å²) in [6.07, 6.45) is 10.5. The van der Waals surface area contributed by atoms with Crippen LogP contribution in [0.3, 0.4) is 0 Å². The van der Waals surface area contributed by atoms with Gasteiger partial charge in [0.1, 0.15) is 0 Å². The summed E-state index contributed by atoms with van der Waals surface area (Å²) >= 11 is 0. The number of nitrogens with one attached hydrogen (secondary N) is 1. The average Bonchev–Trinajstić information content (AvgIpc) is 2.57. The molecule has 2 aliphatic heterocycles. The van der Waals surface area contributed by atoms with Gasteiger partial charge in [0.15, 0.2) is 0 Å². The van der Waals surface area contributed by atoms with Crippen LogP contribution in [0.15, 0.2) is 24.5 Å². The third-order valence-electron chi connectivity index (χ3n) is 3.77.